The van der Waals surface area contributed by atoms with Gasteiger partial charge < -0.3 is 9.47 Å². The van der Waals surface area contributed by atoms with Gasteiger partial charge in [-0.05, 0) is 123 Å². The lowest BCUT2D eigenvalue weighted by atomic mass is 9.73. The Bertz CT molecular complexity index is 1370. The molecule has 5 unspecified atom stereocenters. The molecule has 222 valence electrons. The highest BCUT2D eigenvalue weighted by molar-refractivity contribution is 7.97. The molecular formula is C32H29F6O3S+. The van der Waals surface area contributed by atoms with Crippen molar-refractivity contribution in [2.45, 2.75) is 65.2 Å². The first-order chi connectivity index (χ1) is 19.8. The summed E-state index contributed by atoms with van der Waals surface area (Å²) in [6.45, 7) is 1.80. The fraction of sp³-hybridized carbons (Fsp3) is 0.406. The number of halogens is 6. The molecular weight excluding hydrogens is 578 g/mol. The van der Waals surface area contributed by atoms with Crippen LogP contribution in [-0.2, 0) is 32.8 Å². The highest BCUT2D eigenvalue weighted by Crippen LogP contribution is 2.63. The van der Waals surface area contributed by atoms with Gasteiger partial charge in [-0.1, -0.05) is 0 Å². The summed E-state index contributed by atoms with van der Waals surface area (Å²) in [6.07, 6.45) is -4.45. The van der Waals surface area contributed by atoms with E-state index >= 15 is 0 Å². The van der Waals surface area contributed by atoms with E-state index in [9.17, 15) is 31.1 Å². The van der Waals surface area contributed by atoms with E-state index < -0.39 is 45.9 Å². The molecule has 0 spiro atoms. The summed E-state index contributed by atoms with van der Waals surface area (Å²) in [7, 11) is -0.999. The predicted octanol–water partition coefficient (Wildman–Crippen LogP) is 8.57. The van der Waals surface area contributed by atoms with E-state index in [2.05, 4.69) is 6.92 Å². The number of benzene rings is 3. The van der Waals surface area contributed by atoms with Crippen molar-refractivity contribution in [1.82, 2.24) is 0 Å². The Balaban J connectivity index is 1.18. The number of hydrogen-bond acceptors (Lipinski definition) is 3. The van der Waals surface area contributed by atoms with Gasteiger partial charge in [-0.15, -0.1) is 0 Å². The molecule has 3 nitrogen and oxygen atoms in total. The minimum absolute atomic E-state index is 0.258. The van der Waals surface area contributed by atoms with Crippen molar-refractivity contribution in [3.05, 3.63) is 83.9 Å². The molecule has 3 aromatic rings. The van der Waals surface area contributed by atoms with Crippen molar-refractivity contribution in [2.24, 2.45) is 23.7 Å². The van der Waals surface area contributed by atoms with Crippen LogP contribution in [0.15, 0.2) is 87.5 Å². The molecule has 0 heterocycles. The van der Waals surface area contributed by atoms with Gasteiger partial charge in [-0.3, -0.25) is 0 Å². The van der Waals surface area contributed by atoms with Gasteiger partial charge >= 0.3 is 18.3 Å². The van der Waals surface area contributed by atoms with Gasteiger partial charge in [0.05, 0.1) is 22.0 Å². The van der Waals surface area contributed by atoms with Crippen molar-refractivity contribution in [3.63, 3.8) is 0 Å². The lowest BCUT2D eigenvalue weighted by molar-refractivity contribution is -0.173. The Labute approximate surface area is 242 Å². The fourth-order valence-electron chi connectivity index (χ4n) is 7.25. The van der Waals surface area contributed by atoms with E-state index in [0.717, 1.165) is 49.4 Å². The average molecular weight is 608 g/mol. The zero-order valence-electron chi connectivity index (χ0n) is 22.7. The SMILES string of the molecule is CC1(OC(=O)COc2ccc([S+](c3ccc(C(F)(F)F)cc3)c3ccc(C(F)(F)F)cc3)cc2)C2CC3CC(C2)C1C3. The highest BCUT2D eigenvalue weighted by Gasteiger charge is 2.62. The lowest BCUT2D eigenvalue weighted by Gasteiger charge is -2.41. The van der Waals surface area contributed by atoms with Gasteiger partial charge in [-0.2, -0.15) is 26.3 Å². The van der Waals surface area contributed by atoms with Crippen LogP contribution in [0.4, 0.5) is 26.3 Å². The van der Waals surface area contributed by atoms with Crippen LogP contribution >= 0.6 is 0 Å². The Morgan fingerprint density at radius 1 is 0.762 bits per heavy atom. The summed E-state index contributed by atoms with van der Waals surface area (Å²) < 4.78 is 90.7. The maximum Gasteiger partial charge on any atom is 0.416 e. The van der Waals surface area contributed by atoms with Gasteiger partial charge in [0, 0.05) is 5.92 Å². The summed E-state index contributed by atoms with van der Waals surface area (Å²) in [6, 6.07) is 15.9. The molecule has 3 aromatic carbocycles. The number of esters is 1. The standard InChI is InChI=1S/C32H29F6O3S/c1-30(23-15-19-14-20(17-23)28(30)16-19)41-29(39)18-40-24-6-12-27(13-7-24)42(25-8-2-21(3-9-25)31(33,34)35)26-10-4-22(5-11-26)32(36,37)38/h2-13,19-20,23,28H,14-18H2,1H3/q+1. The second kappa shape index (κ2) is 10.5. The van der Waals surface area contributed by atoms with Crippen LogP contribution in [0.2, 0.25) is 0 Å². The first-order valence-corrected chi connectivity index (χ1v) is 15.1. The van der Waals surface area contributed by atoms with Crippen LogP contribution in [0.1, 0.15) is 43.7 Å². The summed E-state index contributed by atoms with van der Waals surface area (Å²) in [5.74, 6) is 2.19. The van der Waals surface area contributed by atoms with Crippen molar-refractivity contribution >= 4 is 16.9 Å². The van der Waals surface area contributed by atoms with Crippen LogP contribution in [0.3, 0.4) is 0 Å². The number of ether oxygens (including phenoxy) is 2. The Hall–Kier alpha value is -3.14. The van der Waals surface area contributed by atoms with Gasteiger partial charge in [-0.25, -0.2) is 4.79 Å². The molecule has 0 N–H and O–H groups in total. The van der Waals surface area contributed by atoms with Crippen LogP contribution in [-0.4, -0.2) is 18.2 Å². The summed E-state index contributed by atoms with van der Waals surface area (Å²) in [4.78, 5) is 14.4. The molecule has 42 heavy (non-hydrogen) atoms. The topological polar surface area (TPSA) is 35.5 Å². The molecule has 7 rings (SSSR count). The Kier molecular flexibility index (Phi) is 7.27. The summed E-state index contributed by atoms with van der Waals surface area (Å²) in [5, 5.41) is 0. The predicted molar refractivity (Wildman–Crippen MR) is 144 cm³/mol. The van der Waals surface area contributed by atoms with E-state index in [0.29, 0.717) is 38.2 Å². The van der Waals surface area contributed by atoms with Crippen molar-refractivity contribution < 1.29 is 40.6 Å². The van der Waals surface area contributed by atoms with E-state index in [-0.39, 0.29) is 6.61 Å². The van der Waals surface area contributed by atoms with E-state index in [1.165, 1.54) is 30.7 Å². The molecule has 4 aliphatic rings. The Morgan fingerprint density at radius 2 is 1.26 bits per heavy atom. The molecule has 10 heteroatoms. The van der Waals surface area contributed by atoms with Gasteiger partial charge in [0.2, 0.25) is 0 Å². The minimum atomic E-state index is -4.51. The molecule has 4 aliphatic carbocycles. The molecule has 0 radical (unpaired) electrons. The molecule has 5 atom stereocenters. The number of alkyl halides is 6. The second-order valence-corrected chi connectivity index (χ2v) is 13.7. The largest absolute Gasteiger partial charge is 0.482 e. The van der Waals surface area contributed by atoms with Crippen LogP contribution in [0.25, 0.3) is 0 Å². The molecule has 4 fully saturated rings. The number of hydrogen-bond donors (Lipinski definition) is 0. The second-order valence-electron chi connectivity index (χ2n) is 11.6. The maximum atomic E-state index is 13.2. The molecule has 0 aromatic heterocycles. The van der Waals surface area contributed by atoms with Crippen LogP contribution in [0.5, 0.6) is 5.75 Å². The van der Waals surface area contributed by atoms with E-state index in [4.69, 9.17) is 9.47 Å². The van der Waals surface area contributed by atoms with Crippen molar-refractivity contribution in [1.29, 1.82) is 0 Å². The Morgan fingerprint density at radius 3 is 1.74 bits per heavy atom. The average Bonchev–Trinajstić information content (AvgIpc) is 3.33. The van der Waals surface area contributed by atoms with Crippen LogP contribution in [0, 0.1) is 23.7 Å². The third kappa shape index (κ3) is 5.50. The smallest absolute Gasteiger partial charge is 0.416 e. The molecule has 4 bridgehead atoms. The number of rotatable bonds is 7. The van der Waals surface area contributed by atoms with Crippen LogP contribution < -0.4 is 4.74 Å². The first kappa shape index (κ1) is 29.0. The first-order valence-electron chi connectivity index (χ1n) is 13.8. The van der Waals surface area contributed by atoms with Crippen molar-refractivity contribution in [3.8, 4) is 5.75 Å². The van der Waals surface area contributed by atoms with E-state index in [1.54, 1.807) is 24.3 Å². The molecule has 0 saturated heterocycles. The highest BCUT2D eigenvalue weighted by atomic mass is 32.2. The van der Waals surface area contributed by atoms with Crippen molar-refractivity contribution in [2.75, 3.05) is 6.61 Å². The quantitative estimate of drug-likeness (QED) is 0.153. The third-order valence-corrected chi connectivity index (χ3v) is 11.4. The van der Waals surface area contributed by atoms with Gasteiger partial charge in [0.15, 0.2) is 21.3 Å². The third-order valence-electron chi connectivity index (χ3n) is 9.13. The molecule has 0 amide bonds. The lowest BCUT2D eigenvalue weighted by Crippen LogP contribution is -2.45. The van der Waals surface area contributed by atoms with Gasteiger partial charge in [0.1, 0.15) is 11.4 Å². The summed E-state index contributed by atoms with van der Waals surface area (Å²) >= 11 is 0. The zero-order valence-corrected chi connectivity index (χ0v) is 23.5. The monoisotopic (exact) mass is 607 g/mol. The zero-order chi connectivity index (χ0) is 29.9. The normalized spacial score (nSPS) is 26.6. The molecule has 4 saturated carbocycles. The maximum absolute atomic E-state index is 13.2. The van der Waals surface area contributed by atoms with E-state index in [1.807, 2.05) is 0 Å². The summed E-state index contributed by atoms with van der Waals surface area (Å²) in [5.41, 5.74) is -2.07. The van der Waals surface area contributed by atoms with Gasteiger partial charge in [0.25, 0.3) is 0 Å². The fourth-order valence-corrected chi connectivity index (χ4v) is 9.29. The number of carbonyl (C=O) groups excluding carboxylic acids is 1. The molecule has 0 aliphatic heterocycles. The minimum Gasteiger partial charge on any atom is -0.482 e. The number of carbonyl (C=O) groups is 1.